The molecular weight excluding hydrogens is 312 g/mol. The Morgan fingerprint density at radius 3 is 2.84 bits per heavy atom. The lowest BCUT2D eigenvalue weighted by molar-refractivity contribution is -0.120. The number of hydrogen-bond acceptors (Lipinski definition) is 4. The highest BCUT2D eigenvalue weighted by molar-refractivity contribution is 6.01. The molecule has 1 amide bonds. The Morgan fingerprint density at radius 1 is 1.28 bits per heavy atom. The smallest absolute Gasteiger partial charge is 0.226 e. The van der Waals surface area contributed by atoms with Crippen molar-refractivity contribution in [3.05, 3.63) is 65.0 Å². The Hall–Kier alpha value is -2.69. The molecule has 0 saturated carbocycles. The van der Waals surface area contributed by atoms with Crippen LogP contribution in [0.4, 0.5) is 0 Å². The predicted molar refractivity (Wildman–Crippen MR) is 99.7 cm³/mol. The fraction of sp³-hybridized carbons (Fsp3) is 0.350. The summed E-state index contributed by atoms with van der Waals surface area (Å²) in [5.74, 6) is 1.19. The van der Waals surface area contributed by atoms with Crippen molar-refractivity contribution >= 4 is 11.7 Å². The van der Waals surface area contributed by atoms with Crippen molar-refractivity contribution in [2.75, 3.05) is 13.1 Å². The number of aliphatic imine (C=N–C) groups is 1. The van der Waals surface area contributed by atoms with E-state index in [1.807, 2.05) is 37.4 Å². The van der Waals surface area contributed by atoms with Crippen LogP contribution < -0.4 is 10.6 Å². The second kappa shape index (κ2) is 7.92. The van der Waals surface area contributed by atoms with Crippen LogP contribution in [0, 0.1) is 0 Å². The number of fused-ring (bicyclic) bond motifs is 1. The molecule has 0 aliphatic carbocycles. The zero-order valence-corrected chi connectivity index (χ0v) is 14.7. The Kier molecular flexibility index (Phi) is 5.43. The summed E-state index contributed by atoms with van der Waals surface area (Å²) in [6.45, 7) is 6.27. The van der Waals surface area contributed by atoms with Gasteiger partial charge in [0.25, 0.3) is 0 Å². The molecule has 0 bridgehead atoms. The molecule has 2 aromatic rings. The SMILES string of the molecule is CCNC1=NCc2cc(CC(=O)NCC(C)c3ccccc3)ncc21. The van der Waals surface area contributed by atoms with Gasteiger partial charge in [-0.3, -0.25) is 14.8 Å². The van der Waals surface area contributed by atoms with Crippen molar-refractivity contribution in [3.63, 3.8) is 0 Å². The number of pyridine rings is 1. The minimum absolute atomic E-state index is 0.000975. The summed E-state index contributed by atoms with van der Waals surface area (Å²) in [5.41, 5.74) is 4.19. The third-order valence-electron chi connectivity index (χ3n) is 4.37. The molecule has 1 aliphatic heterocycles. The lowest BCUT2D eigenvalue weighted by Gasteiger charge is -2.13. The standard InChI is InChI=1S/C20H24N4O/c1-3-21-20-18-13-22-17(9-16(18)12-24-20)10-19(25)23-11-14(2)15-7-5-4-6-8-15/h4-9,13-14H,3,10-12H2,1-2H3,(H,21,24)(H,23,25). The highest BCUT2D eigenvalue weighted by Gasteiger charge is 2.17. The molecular formula is C20H24N4O. The average molecular weight is 336 g/mol. The van der Waals surface area contributed by atoms with Gasteiger partial charge in [0.15, 0.2) is 0 Å². The molecule has 2 N–H and O–H groups in total. The number of aromatic nitrogens is 1. The van der Waals surface area contributed by atoms with Crippen LogP contribution in [-0.2, 0) is 17.8 Å². The molecule has 1 aromatic carbocycles. The van der Waals surface area contributed by atoms with Gasteiger partial charge in [0, 0.05) is 24.8 Å². The van der Waals surface area contributed by atoms with Gasteiger partial charge >= 0.3 is 0 Å². The first-order valence-electron chi connectivity index (χ1n) is 8.75. The Balaban J connectivity index is 1.54. The highest BCUT2D eigenvalue weighted by atomic mass is 16.1. The van der Waals surface area contributed by atoms with Crippen LogP contribution in [0.25, 0.3) is 0 Å². The molecule has 3 rings (SSSR count). The lowest BCUT2D eigenvalue weighted by Crippen LogP contribution is -2.29. The quantitative estimate of drug-likeness (QED) is 0.851. The number of amides is 1. The van der Waals surface area contributed by atoms with E-state index in [4.69, 9.17) is 0 Å². The third-order valence-corrected chi connectivity index (χ3v) is 4.37. The van der Waals surface area contributed by atoms with E-state index >= 15 is 0 Å². The number of nitrogens with one attached hydrogen (secondary N) is 2. The van der Waals surface area contributed by atoms with E-state index in [0.717, 1.165) is 29.2 Å². The average Bonchev–Trinajstić information content (AvgIpc) is 3.03. The van der Waals surface area contributed by atoms with E-state index in [9.17, 15) is 4.79 Å². The fourth-order valence-corrected chi connectivity index (χ4v) is 2.95. The van der Waals surface area contributed by atoms with Gasteiger partial charge in [0.1, 0.15) is 5.84 Å². The third kappa shape index (κ3) is 4.24. The van der Waals surface area contributed by atoms with Crippen LogP contribution in [0.3, 0.4) is 0 Å². The Bertz CT molecular complexity index is 771. The van der Waals surface area contributed by atoms with Crippen molar-refractivity contribution in [2.24, 2.45) is 4.99 Å². The molecule has 0 radical (unpaired) electrons. The maximum atomic E-state index is 12.2. The van der Waals surface area contributed by atoms with Crippen molar-refractivity contribution < 1.29 is 4.79 Å². The summed E-state index contributed by atoms with van der Waals surface area (Å²) >= 11 is 0. The maximum absolute atomic E-state index is 12.2. The van der Waals surface area contributed by atoms with Crippen LogP contribution >= 0.6 is 0 Å². The molecule has 1 atom stereocenters. The number of carbonyl (C=O) groups excluding carboxylic acids is 1. The molecule has 130 valence electrons. The van der Waals surface area contributed by atoms with E-state index in [1.54, 1.807) is 0 Å². The second-order valence-corrected chi connectivity index (χ2v) is 6.32. The summed E-state index contributed by atoms with van der Waals surface area (Å²) < 4.78 is 0. The van der Waals surface area contributed by atoms with Crippen molar-refractivity contribution in [3.8, 4) is 0 Å². The van der Waals surface area contributed by atoms with Crippen molar-refractivity contribution in [1.29, 1.82) is 0 Å². The minimum Gasteiger partial charge on any atom is -0.370 e. The first-order chi connectivity index (χ1) is 12.2. The van der Waals surface area contributed by atoms with E-state index in [1.165, 1.54) is 5.56 Å². The molecule has 25 heavy (non-hydrogen) atoms. The summed E-state index contributed by atoms with van der Waals surface area (Å²) in [6, 6.07) is 12.2. The van der Waals surface area contributed by atoms with Gasteiger partial charge in [-0.15, -0.1) is 0 Å². The molecule has 5 nitrogen and oxygen atoms in total. The van der Waals surface area contributed by atoms with Gasteiger partial charge in [-0.25, -0.2) is 0 Å². The van der Waals surface area contributed by atoms with Crippen LogP contribution in [0.2, 0.25) is 0 Å². The van der Waals surface area contributed by atoms with Gasteiger partial charge < -0.3 is 10.6 Å². The molecule has 1 unspecified atom stereocenters. The maximum Gasteiger partial charge on any atom is 0.226 e. The molecule has 1 aromatic heterocycles. The molecule has 2 heterocycles. The lowest BCUT2D eigenvalue weighted by atomic mass is 10.0. The monoisotopic (exact) mass is 336 g/mol. The number of benzene rings is 1. The summed E-state index contributed by atoms with van der Waals surface area (Å²) in [4.78, 5) is 21.1. The van der Waals surface area contributed by atoms with Gasteiger partial charge in [0.2, 0.25) is 5.91 Å². The topological polar surface area (TPSA) is 66.4 Å². The van der Waals surface area contributed by atoms with E-state index in [2.05, 4.69) is 39.7 Å². The van der Waals surface area contributed by atoms with Crippen LogP contribution in [-0.4, -0.2) is 29.8 Å². The minimum atomic E-state index is 0.000975. The van der Waals surface area contributed by atoms with Gasteiger partial charge in [-0.2, -0.15) is 0 Å². The van der Waals surface area contributed by atoms with E-state index < -0.39 is 0 Å². The zero-order valence-electron chi connectivity index (χ0n) is 14.7. The van der Waals surface area contributed by atoms with E-state index in [-0.39, 0.29) is 11.8 Å². The summed E-state index contributed by atoms with van der Waals surface area (Å²) in [7, 11) is 0. The molecule has 0 fully saturated rings. The van der Waals surface area contributed by atoms with Crippen LogP contribution in [0.1, 0.15) is 42.1 Å². The number of hydrogen-bond donors (Lipinski definition) is 2. The predicted octanol–water partition coefficient (Wildman–Crippen LogP) is 2.41. The first-order valence-corrected chi connectivity index (χ1v) is 8.75. The normalized spacial score (nSPS) is 13.8. The summed E-state index contributed by atoms with van der Waals surface area (Å²) in [5, 5.41) is 6.25. The highest BCUT2D eigenvalue weighted by Crippen LogP contribution is 2.18. The van der Waals surface area contributed by atoms with Gasteiger partial charge in [-0.1, -0.05) is 37.3 Å². The fourth-order valence-electron chi connectivity index (χ4n) is 2.95. The second-order valence-electron chi connectivity index (χ2n) is 6.32. The van der Waals surface area contributed by atoms with Crippen LogP contribution in [0.15, 0.2) is 47.6 Å². The number of nitrogens with zero attached hydrogens (tertiary/aromatic N) is 2. The number of carbonyl (C=O) groups is 1. The number of amidine groups is 1. The molecule has 5 heteroatoms. The van der Waals surface area contributed by atoms with Crippen molar-refractivity contribution in [1.82, 2.24) is 15.6 Å². The number of rotatable bonds is 6. The molecule has 1 aliphatic rings. The van der Waals surface area contributed by atoms with Crippen molar-refractivity contribution in [2.45, 2.75) is 32.7 Å². The summed E-state index contributed by atoms with van der Waals surface area (Å²) in [6.07, 6.45) is 2.12. The molecule has 0 spiro atoms. The van der Waals surface area contributed by atoms with Gasteiger partial charge in [0.05, 0.1) is 18.7 Å². The Labute approximate surface area is 148 Å². The largest absolute Gasteiger partial charge is 0.370 e. The molecule has 0 saturated heterocycles. The Morgan fingerprint density at radius 2 is 2.08 bits per heavy atom. The van der Waals surface area contributed by atoms with Crippen LogP contribution in [0.5, 0.6) is 0 Å². The van der Waals surface area contributed by atoms with Gasteiger partial charge in [-0.05, 0) is 30.0 Å². The first kappa shape index (κ1) is 17.1. The zero-order chi connectivity index (χ0) is 17.6. The van der Waals surface area contributed by atoms with E-state index in [0.29, 0.717) is 19.5 Å².